The van der Waals surface area contributed by atoms with Crippen LogP contribution in [0.1, 0.15) is 77.0 Å². The average molecular weight is 732 g/mol. The summed E-state index contributed by atoms with van der Waals surface area (Å²) in [4.78, 5) is 30.8. The molecule has 1 aliphatic rings. The van der Waals surface area contributed by atoms with E-state index in [1.165, 1.54) is 4.31 Å². The molecule has 0 aliphatic carbocycles. The molecule has 3 aromatic carbocycles. The molecule has 0 bridgehead atoms. The number of hydrogen-bond donors (Lipinski definition) is 0. The molecule has 12 heteroatoms. The number of hydrogen-bond acceptors (Lipinski definition) is 8. The molecular weight excluding hydrogens is 690 g/mol. The second-order valence-electron chi connectivity index (χ2n) is 12.4. The van der Waals surface area contributed by atoms with E-state index in [0.29, 0.717) is 56.1 Å². The van der Waals surface area contributed by atoms with Crippen molar-refractivity contribution in [2.75, 3.05) is 35.4 Å². The number of amides is 1. The molecule has 3 heterocycles. The lowest BCUT2D eigenvalue weighted by Crippen LogP contribution is -2.35. The van der Waals surface area contributed by atoms with Crippen LogP contribution in [0, 0.1) is 6.92 Å². The Kier molecular flexibility index (Phi) is 10.8. The molecule has 5 aromatic rings. The summed E-state index contributed by atoms with van der Waals surface area (Å²) in [6, 6.07) is 19.4. The molecule has 10 nitrogen and oxygen atoms in total. The predicted molar refractivity (Wildman–Crippen MR) is 198 cm³/mol. The number of esters is 1. The van der Waals surface area contributed by atoms with E-state index in [4.69, 9.17) is 25.2 Å². The normalized spacial score (nSPS) is 13.2. The number of carbonyl (C=O) groups is 2. The lowest BCUT2D eigenvalue weighted by atomic mass is 10.0. The van der Waals surface area contributed by atoms with E-state index in [1.807, 2.05) is 25.1 Å². The fourth-order valence-corrected chi connectivity index (χ4v) is 8.89. The van der Waals surface area contributed by atoms with Gasteiger partial charge in [-0.05, 0) is 99.7 Å². The molecule has 0 unspecified atom stereocenters. The summed E-state index contributed by atoms with van der Waals surface area (Å²) in [6.07, 6.45) is 4.02. The van der Waals surface area contributed by atoms with Crippen LogP contribution in [0.4, 0.5) is 11.4 Å². The first-order chi connectivity index (χ1) is 24.6. The maximum atomic E-state index is 14.9. The van der Waals surface area contributed by atoms with Gasteiger partial charge in [-0.15, -0.1) is 0 Å². The summed E-state index contributed by atoms with van der Waals surface area (Å²) >= 11 is 6.49. The van der Waals surface area contributed by atoms with Crippen LogP contribution in [0.3, 0.4) is 0 Å². The summed E-state index contributed by atoms with van der Waals surface area (Å²) in [5.74, 6) is -0.279. The van der Waals surface area contributed by atoms with Crippen LogP contribution in [0.15, 0.2) is 86.7 Å². The monoisotopic (exact) mass is 731 g/mol. The molecule has 1 fully saturated rings. The number of fused-ring (bicyclic) bond motifs is 1. The van der Waals surface area contributed by atoms with Crippen LogP contribution in [0.5, 0.6) is 0 Å². The Hall–Kier alpha value is -4.74. The van der Waals surface area contributed by atoms with Crippen molar-refractivity contribution in [2.24, 2.45) is 0 Å². The Labute approximate surface area is 303 Å². The van der Waals surface area contributed by atoms with Gasteiger partial charge in [0.1, 0.15) is 11.3 Å². The summed E-state index contributed by atoms with van der Waals surface area (Å²) in [6.45, 7) is 9.40. The summed E-state index contributed by atoms with van der Waals surface area (Å²) in [5.41, 5.74) is 3.84. The summed E-state index contributed by atoms with van der Waals surface area (Å²) in [5, 5.41) is 0.899. The van der Waals surface area contributed by atoms with E-state index < -0.39 is 16.0 Å². The minimum Gasteiger partial charge on any atom is -0.467 e. The Morgan fingerprint density at radius 3 is 2.39 bits per heavy atom. The van der Waals surface area contributed by atoms with Gasteiger partial charge in [0.15, 0.2) is 0 Å². The number of sulfonamides is 1. The van der Waals surface area contributed by atoms with Crippen molar-refractivity contribution in [3.05, 3.63) is 112 Å². The van der Waals surface area contributed by atoms with Crippen molar-refractivity contribution < 1.29 is 31.6 Å². The van der Waals surface area contributed by atoms with Crippen LogP contribution in [0.2, 0.25) is 5.02 Å². The van der Waals surface area contributed by atoms with E-state index in [0.717, 1.165) is 31.6 Å². The molecule has 1 amide bonds. The molecule has 1 aliphatic heterocycles. The quantitative estimate of drug-likeness (QED) is 0.111. The smallest absolute Gasteiger partial charge is 0.374 e. The number of carbonyl (C=O) groups excluding carboxylic acids is 2. The molecule has 0 radical (unpaired) electrons. The maximum Gasteiger partial charge on any atom is 0.374 e. The number of ether oxygens (including phenoxy) is 1. The van der Waals surface area contributed by atoms with Gasteiger partial charge in [-0.2, -0.15) is 0 Å². The van der Waals surface area contributed by atoms with Crippen LogP contribution < -0.4 is 9.21 Å². The topological polar surface area (TPSA) is 114 Å². The van der Waals surface area contributed by atoms with Crippen LogP contribution >= 0.6 is 11.6 Å². The number of nitrogens with zero attached hydrogens (tertiary/aromatic N) is 3. The van der Waals surface area contributed by atoms with E-state index in [2.05, 4.69) is 4.90 Å². The largest absolute Gasteiger partial charge is 0.467 e. The van der Waals surface area contributed by atoms with E-state index in [9.17, 15) is 18.0 Å². The highest BCUT2D eigenvalue weighted by Gasteiger charge is 2.32. The van der Waals surface area contributed by atoms with Gasteiger partial charge in [0.25, 0.3) is 15.9 Å². The van der Waals surface area contributed by atoms with Crippen LogP contribution in [-0.2, 0) is 34.3 Å². The predicted octanol–water partition coefficient (Wildman–Crippen LogP) is 8.38. The molecule has 1 saturated heterocycles. The van der Waals surface area contributed by atoms with Gasteiger partial charge in [-0.1, -0.05) is 36.7 Å². The highest BCUT2D eigenvalue weighted by atomic mass is 35.5. The molecule has 0 spiro atoms. The molecule has 51 heavy (non-hydrogen) atoms. The number of benzene rings is 3. The van der Waals surface area contributed by atoms with Crippen molar-refractivity contribution in [3.8, 4) is 0 Å². The number of halogens is 1. The molecule has 0 atom stereocenters. The first-order valence-electron chi connectivity index (χ1n) is 17.3. The maximum absolute atomic E-state index is 14.9. The van der Waals surface area contributed by atoms with Gasteiger partial charge in [0.05, 0.1) is 40.6 Å². The molecular formula is C39H42ClN3O7S. The van der Waals surface area contributed by atoms with Gasteiger partial charge in [0.2, 0.25) is 5.76 Å². The third-order valence-corrected chi connectivity index (χ3v) is 11.6. The molecule has 2 aromatic heterocycles. The lowest BCUT2D eigenvalue weighted by molar-refractivity contribution is 0.0491. The van der Waals surface area contributed by atoms with Crippen LogP contribution in [-0.4, -0.2) is 51.4 Å². The second-order valence-corrected chi connectivity index (χ2v) is 14.7. The fraction of sp³-hybridized carbons (Fsp3) is 0.333. The highest BCUT2D eigenvalue weighted by molar-refractivity contribution is 7.93. The third-order valence-electron chi connectivity index (χ3n) is 9.32. The Balaban J connectivity index is 1.48. The van der Waals surface area contributed by atoms with Crippen molar-refractivity contribution in [1.29, 1.82) is 0 Å². The van der Waals surface area contributed by atoms with Gasteiger partial charge in [-0.25, -0.2) is 13.2 Å². The molecule has 268 valence electrons. The van der Waals surface area contributed by atoms with Gasteiger partial charge in [-0.3, -0.25) is 9.10 Å². The van der Waals surface area contributed by atoms with E-state index in [-0.39, 0.29) is 42.8 Å². The molecule has 6 rings (SSSR count). The van der Waals surface area contributed by atoms with Gasteiger partial charge >= 0.3 is 5.97 Å². The minimum atomic E-state index is -4.19. The number of furan rings is 2. The van der Waals surface area contributed by atoms with Gasteiger partial charge < -0.3 is 23.4 Å². The molecule has 0 saturated carbocycles. The third kappa shape index (κ3) is 7.10. The number of aryl methyl sites for hydroxylation is 2. The van der Waals surface area contributed by atoms with Crippen molar-refractivity contribution >= 4 is 55.8 Å². The fourth-order valence-electron chi connectivity index (χ4n) is 6.87. The van der Waals surface area contributed by atoms with Crippen molar-refractivity contribution in [3.63, 3.8) is 0 Å². The first kappa shape index (κ1) is 36.1. The standard InChI is InChI=1S/C39H42ClN3O7S/c1-5-30-35(19-18-34-36(30)26(4)37(50-34)39(45)48-7-3)51(46,47)43(6-2)33-23-28(41-20-10-11-21-41)17-16-27(33)24-42(25-29-13-12-22-49-29)38(44)31-14-8-9-15-32(31)40/h8-9,12-19,22-23H,5-7,10-11,20-21,24-25H2,1-4H3. The second kappa shape index (κ2) is 15.2. The zero-order valence-corrected chi connectivity index (χ0v) is 30.9. The molecule has 0 N–H and O–H groups in total. The van der Waals surface area contributed by atoms with E-state index >= 15 is 0 Å². The highest BCUT2D eigenvalue weighted by Crippen LogP contribution is 2.38. The van der Waals surface area contributed by atoms with Crippen LogP contribution in [0.25, 0.3) is 11.0 Å². The van der Waals surface area contributed by atoms with Crippen molar-refractivity contribution in [2.45, 2.75) is 64.9 Å². The van der Waals surface area contributed by atoms with E-state index in [1.54, 1.807) is 80.5 Å². The van der Waals surface area contributed by atoms with Gasteiger partial charge in [0, 0.05) is 42.8 Å². The Bertz CT molecular complexity index is 2150. The van der Waals surface area contributed by atoms with Crippen molar-refractivity contribution in [1.82, 2.24) is 4.90 Å². The number of rotatable bonds is 13. The first-order valence-corrected chi connectivity index (χ1v) is 19.1. The minimum absolute atomic E-state index is 0.0591. The number of anilines is 2. The summed E-state index contributed by atoms with van der Waals surface area (Å²) < 4.78 is 48.0. The zero-order chi connectivity index (χ0) is 36.3. The SMILES string of the molecule is CCOC(=O)c1oc2ccc(S(=O)(=O)N(CC)c3cc(N4CCCC4)ccc3CN(Cc3ccco3)C(=O)c3ccccc3Cl)c(CC)c2c1C. The average Bonchev–Trinajstić information content (AvgIpc) is 3.91. The Morgan fingerprint density at radius 2 is 1.73 bits per heavy atom. The zero-order valence-electron chi connectivity index (χ0n) is 29.3. The summed E-state index contributed by atoms with van der Waals surface area (Å²) in [7, 11) is -4.19. The Morgan fingerprint density at radius 1 is 0.961 bits per heavy atom. The lowest BCUT2D eigenvalue weighted by Gasteiger charge is -2.30.